The van der Waals surface area contributed by atoms with E-state index in [1.54, 1.807) is 44.4 Å². The predicted octanol–water partition coefficient (Wildman–Crippen LogP) is 3.31. The van der Waals surface area contributed by atoms with Gasteiger partial charge in [-0.15, -0.1) is 0 Å². The molecule has 0 atom stereocenters. The van der Waals surface area contributed by atoms with Gasteiger partial charge in [0.1, 0.15) is 5.70 Å². The molecule has 5 heteroatoms. The van der Waals surface area contributed by atoms with Crippen LogP contribution >= 0.6 is 15.9 Å². The number of hydrogen-bond donors (Lipinski definition) is 1. The van der Waals surface area contributed by atoms with Crippen molar-refractivity contribution in [2.75, 3.05) is 14.1 Å². The summed E-state index contributed by atoms with van der Waals surface area (Å²) in [5, 5.41) is 2.70. The van der Waals surface area contributed by atoms with Gasteiger partial charge in [0.25, 0.3) is 11.8 Å². The zero-order valence-corrected chi connectivity index (χ0v) is 14.5. The van der Waals surface area contributed by atoms with Gasteiger partial charge >= 0.3 is 0 Å². The van der Waals surface area contributed by atoms with E-state index in [9.17, 15) is 9.59 Å². The van der Waals surface area contributed by atoms with Crippen LogP contribution in [0, 0.1) is 0 Å². The van der Waals surface area contributed by atoms with E-state index in [0.29, 0.717) is 5.56 Å². The van der Waals surface area contributed by atoms with Gasteiger partial charge in [-0.2, -0.15) is 0 Å². The van der Waals surface area contributed by atoms with Gasteiger partial charge in [0.15, 0.2) is 0 Å². The van der Waals surface area contributed by atoms with Crippen LogP contribution in [0.25, 0.3) is 6.08 Å². The lowest BCUT2D eigenvalue weighted by Gasteiger charge is -2.15. The van der Waals surface area contributed by atoms with Crippen molar-refractivity contribution in [3.8, 4) is 0 Å². The topological polar surface area (TPSA) is 49.4 Å². The van der Waals surface area contributed by atoms with E-state index in [4.69, 9.17) is 0 Å². The summed E-state index contributed by atoms with van der Waals surface area (Å²) in [7, 11) is 3.29. The molecule has 0 saturated carbocycles. The van der Waals surface area contributed by atoms with Gasteiger partial charge in [0.2, 0.25) is 0 Å². The summed E-state index contributed by atoms with van der Waals surface area (Å²) in [4.78, 5) is 26.1. The number of benzene rings is 2. The molecule has 0 saturated heterocycles. The summed E-state index contributed by atoms with van der Waals surface area (Å²) >= 11 is 3.39. The van der Waals surface area contributed by atoms with Gasteiger partial charge in [-0.1, -0.05) is 46.3 Å². The third kappa shape index (κ3) is 4.79. The summed E-state index contributed by atoms with van der Waals surface area (Å²) in [5.74, 6) is -0.587. The molecule has 0 aliphatic rings. The van der Waals surface area contributed by atoms with Crippen LogP contribution in [0.1, 0.15) is 15.9 Å². The molecule has 0 aliphatic heterocycles. The van der Waals surface area contributed by atoms with E-state index >= 15 is 0 Å². The number of amides is 2. The van der Waals surface area contributed by atoms with Crippen LogP contribution in [0.2, 0.25) is 0 Å². The molecule has 2 aromatic rings. The molecule has 0 aliphatic carbocycles. The van der Waals surface area contributed by atoms with Crippen LogP contribution in [0.5, 0.6) is 0 Å². The fourth-order valence-electron chi connectivity index (χ4n) is 1.94. The molecule has 0 unspecified atom stereocenters. The Balaban J connectivity index is 2.31. The number of carbonyl (C=O) groups is 2. The standard InChI is InChI=1S/C18H17BrN2O2/c1-21(2)18(23)16(12-13-7-6-10-15(19)11-13)20-17(22)14-8-4-3-5-9-14/h3-12H,1-2H3,(H,20,22)/b16-12-. The normalized spacial score (nSPS) is 11.0. The first-order valence-corrected chi connectivity index (χ1v) is 7.82. The molecule has 23 heavy (non-hydrogen) atoms. The van der Waals surface area contributed by atoms with Gasteiger partial charge in [0, 0.05) is 24.1 Å². The maximum atomic E-state index is 12.3. The van der Waals surface area contributed by atoms with Gasteiger partial charge in [-0.05, 0) is 35.9 Å². The fourth-order valence-corrected chi connectivity index (χ4v) is 2.36. The SMILES string of the molecule is CN(C)C(=O)/C(=C/c1cccc(Br)c1)NC(=O)c1ccccc1. The number of halogens is 1. The van der Waals surface area contributed by atoms with Crippen LogP contribution in [-0.2, 0) is 4.79 Å². The Kier molecular flexibility index (Phi) is 5.71. The molecular formula is C18H17BrN2O2. The molecule has 0 aromatic heterocycles. The van der Waals surface area contributed by atoms with Crippen LogP contribution in [0.4, 0.5) is 0 Å². The molecule has 0 bridgehead atoms. The third-order valence-electron chi connectivity index (χ3n) is 3.08. The van der Waals surface area contributed by atoms with Crippen molar-refractivity contribution in [2.45, 2.75) is 0 Å². The number of hydrogen-bond acceptors (Lipinski definition) is 2. The third-order valence-corrected chi connectivity index (χ3v) is 3.57. The van der Waals surface area contributed by atoms with Crippen LogP contribution < -0.4 is 5.32 Å². The Bertz CT molecular complexity index is 740. The maximum absolute atomic E-state index is 12.3. The second-order valence-corrected chi connectivity index (χ2v) is 6.05. The van der Waals surface area contributed by atoms with Crippen molar-refractivity contribution < 1.29 is 9.59 Å². The van der Waals surface area contributed by atoms with Crippen molar-refractivity contribution in [3.63, 3.8) is 0 Å². The summed E-state index contributed by atoms with van der Waals surface area (Å²) in [6.07, 6.45) is 1.66. The number of carbonyl (C=O) groups excluding carboxylic acids is 2. The first kappa shape index (κ1) is 17.0. The van der Waals surface area contributed by atoms with E-state index in [1.165, 1.54) is 4.90 Å². The summed E-state index contributed by atoms with van der Waals surface area (Å²) in [5.41, 5.74) is 1.54. The molecule has 0 spiro atoms. The molecule has 1 N–H and O–H groups in total. The van der Waals surface area contributed by atoms with E-state index in [0.717, 1.165) is 10.0 Å². The Morgan fingerprint density at radius 2 is 1.74 bits per heavy atom. The Labute approximate surface area is 143 Å². The van der Waals surface area contributed by atoms with Crippen molar-refractivity contribution in [1.29, 1.82) is 0 Å². The average Bonchev–Trinajstić information content (AvgIpc) is 2.54. The first-order valence-electron chi connectivity index (χ1n) is 7.02. The van der Waals surface area contributed by atoms with Gasteiger partial charge in [-0.25, -0.2) is 0 Å². The number of likely N-dealkylation sites (N-methyl/N-ethyl adjacent to an activating group) is 1. The van der Waals surface area contributed by atoms with Crippen LogP contribution in [0.3, 0.4) is 0 Å². The molecule has 4 nitrogen and oxygen atoms in total. The lowest BCUT2D eigenvalue weighted by atomic mass is 10.1. The monoisotopic (exact) mass is 372 g/mol. The van der Waals surface area contributed by atoms with Gasteiger partial charge in [0.05, 0.1) is 0 Å². The largest absolute Gasteiger partial charge is 0.344 e. The molecule has 118 valence electrons. The van der Waals surface area contributed by atoms with Crippen LogP contribution in [0.15, 0.2) is 64.8 Å². The Morgan fingerprint density at radius 1 is 1.04 bits per heavy atom. The van der Waals surface area contributed by atoms with Crippen molar-refractivity contribution in [2.24, 2.45) is 0 Å². The average molecular weight is 373 g/mol. The number of nitrogens with zero attached hydrogens (tertiary/aromatic N) is 1. The summed E-state index contributed by atoms with van der Waals surface area (Å²) in [6.45, 7) is 0. The quantitative estimate of drug-likeness (QED) is 0.836. The molecular weight excluding hydrogens is 356 g/mol. The zero-order valence-electron chi connectivity index (χ0n) is 12.9. The van der Waals surface area contributed by atoms with E-state index in [-0.39, 0.29) is 17.5 Å². The van der Waals surface area contributed by atoms with E-state index < -0.39 is 0 Å². The molecule has 2 amide bonds. The molecule has 2 rings (SSSR count). The lowest BCUT2D eigenvalue weighted by molar-refractivity contribution is -0.124. The molecule has 0 radical (unpaired) electrons. The second kappa shape index (κ2) is 7.74. The molecule has 2 aromatic carbocycles. The minimum atomic E-state index is -0.318. The zero-order chi connectivity index (χ0) is 16.8. The first-order chi connectivity index (χ1) is 11.0. The van der Waals surface area contributed by atoms with E-state index in [1.807, 2.05) is 30.3 Å². The van der Waals surface area contributed by atoms with Crippen molar-refractivity contribution in [1.82, 2.24) is 10.2 Å². The lowest BCUT2D eigenvalue weighted by Crippen LogP contribution is -2.34. The second-order valence-electron chi connectivity index (χ2n) is 5.13. The minimum absolute atomic E-state index is 0.224. The van der Waals surface area contributed by atoms with Crippen molar-refractivity contribution >= 4 is 33.8 Å². The predicted molar refractivity (Wildman–Crippen MR) is 94.7 cm³/mol. The highest BCUT2D eigenvalue weighted by Gasteiger charge is 2.16. The minimum Gasteiger partial charge on any atom is -0.344 e. The van der Waals surface area contributed by atoms with Gasteiger partial charge in [-0.3, -0.25) is 9.59 Å². The number of rotatable bonds is 4. The summed E-state index contributed by atoms with van der Waals surface area (Å²) in [6, 6.07) is 16.3. The summed E-state index contributed by atoms with van der Waals surface area (Å²) < 4.78 is 0.900. The Morgan fingerprint density at radius 3 is 2.35 bits per heavy atom. The number of nitrogens with one attached hydrogen (secondary N) is 1. The highest BCUT2D eigenvalue weighted by molar-refractivity contribution is 9.10. The highest BCUT2D eigenvalue weighted by atomic mass is 79.9. The van der Waals surface area contributed by atoms with Gasteiger partial charge < -0.3 is 10.2 Å². The highest BCUT2D eigenvalue weighted by Crippen LogP contribution is 2.15. The van der Waals surface area contributed by atoms with E-state index in [2.05, 4.69) is 21.2 Å². The fraction of sp³-hybridized carbons (Fsp3) is 0.111. The van der Waals surface area contributed by atoms with Crippen LogP contribution in [-0.4, -0.2) is 30.8 Å². The van der Waals surface area contributed by atoms with Crippen molar-refractivity contribution in [3.05, 3.63) is 75.9 Å². The Hall–Kier alpha value is -2.40. The molecule has 0 heterocycles. The maximum Gasteiger partial charge on any atom is 0.269 e. The molecule has 0 fully saturated rings. The smallest absolute Gasteiger partial charge is 0.269 e.